The summed E-state index contributed by atoms with van der Waals surface area (Å²) in [5.74, 6) is 1.58. The Labute approximate surface area is 81.6 Å². The molecule has 0 aliphatic carbocycles. The van der Waals surface area contributed by atoms with E-state index in [1.807, 2.05) is 16.8 Å². The van der Waals surface area contributed by atoms with Gasteiger partial charge in [-0.2, -0.15) is 0 Å². The lowest BCUT2D eigenvalue weighted by atomic mass is 10.4. The molecule has 0 unspecified atom stereocenters. The molecule has 2 rings (SSSR count). The highest BCUT2D eigenvalue weighted by Gasteiger charge is 1.99. The molecule has 5 nitrogen and oxygen atoms in total. The first-order valence-corrected chi connectivity index (χ1v) is 4.40. The molecule has 14 heavy (non-hydrogen) atoms. The molecule has 0 bridgehead atoms. The van der Waals surface area contributed by atoms with Gasteiger partial charge in [-0.15, -0.1) is 0 Å². The molecular weight excluding hydrogens is 178 g/mol. The van der Waals surface area contributed by atoms with E-state index in [1.165, 1.54) is 0 Å². The van der Waals surface area contributed by atoms with E-state index in [0.717, 1.165) is 11.6 Å². The second kappa shape index (κ2) is 3.97. The molecule has 5 heteroatoms. The van der Waals surface area contributed by atoms with E-state index in [9.17, 15) is 0 Å². The molecule has 0 aliphatic heterocycles. The number of hydrogen-bond acceptors (Lipinski definition) is 4. The van der Waals surface area contributed by atoms with Crippen LogP contribution in [-0.4, -0.2) is 26.1 Å². The minimum absolute atomic E-state index is 0.563. The van der Waals surface area contributed by atoms with E-state index in [4.69, 9.17) is 5.73 Å². The van der Waals surface area contributed by atoms with Crippen LogP contribution in [-0.2, 0) is 6.42 Å². The van der Waals surface area contributed by atoms with Crippen molar-refractivity contribution in [3.05, 3.63) is 36.8 Å². The van der Waals surface area contributed by atoms with Gasteiger partial charge in [-0.25, -0.2) is 15.0 Å². The fourth-order valence-corrected chi connectivity index (χ4v) is 1.18. The van der Waals surface area contributed by atoms with Crippen LogP contribution in [0.1, 0.15) is 5.82 Å². The largest absolute Gasteiger partial charge is 0.330 e. The van der Waals surface area contributed by atoms with Gasteiger partial charge in [0, 0.05) is 25.0 Å². The van der Waals surface area contributed by atoms with Gasteiger partial charge in [0.05, 0.1) is 0 Å². The van der Waals surface area contributed by atoms with Crippen molar-refractivity contribution in [3.63, 3.8) is 0 Å². The van der Waals surface area contributed by atoms with Gasteiger partial charge in [-0.3, -0.25) is 4.57 Å². The predicted octanol–water partition coefficient (Wildman–Crippen LogP) is 0.163. The summed E-state index contributed by atoms with van der Waals surface area (Å²) < 4.78 is 1.84. The molecule has 0 atom stereocenters. The molecule has 2 N–H and O–H groups in total. The van der Waals surface area contributed by atoms with Crippen LogP contribution in [0.15, 0.2) is 31.0 Å². The quantitative estimate of drug-likeness (QED) is 0.746. The lowest BCUT2D eigenvalue weighted by Crippen LogP contribution is -2.07. The Morgan fingerprint density at radius 3 is 3.00 bits per heavy atom. The number of nitrogens with two attached hydrogens (primary N) is 1. The topological polar surface area (TPSA) is 69.6 Å². The van der Waals surface area contributed by atoms with E-state index in [2.05, 4.69) is 15.0 Å². The highest BCUT2D eigenvalue weighted by atomic mass is 15.1. The normalized spacial score (nSPS) is 10.4. The van der Waals surface area contributed by atoms with Crippen LogP contribution in [0.4, 0.5) is 0 Å². The molecule has 0 fully saturated rings. The Kier molecular flexibility index (Phi) is 2.51. The fraction of sp³-hybridized carbons (Fsp3) is 0.222. The monoisotopic (exact) mass is 189 g/mol. The first-order valence-electron chi connectivity index (χ1n) is 4.40. The zero-order chi connectivity index (χ0) is 9.80. The Balaban J connectivity index is 2.31. The van der Waals surface area contributed by atoms with Crippen molar-refractivity contribution in [2.24, 2.45) is 5.73 Å². The van der Waals surface area contributed by atoms with Gasteiger partial charge in [0.1, 0.15) is 18.0 Å². The summed E-state index contributed by atoms with van der Waals surface area (Å²) in [7, 11) is 0. The number of rotatable bonds is 3. The van der Waals surface area contributed by atoms with Crippen LogP contribution in [0, 0.1) is 0 Å². The minimum atomic E-state index is 0.563. The number of aromatic nitrogens is 4. The molecule has 0 saturated carbocycles. The number of imidazole rings is 1. The standard InChI is InChI=1S/C9H11N5/c10-3-1-8-12-4-2-9(13-8)14-6-5-11-7-14/h2,4-7H,1,3,10H2. The number of nitrogens with zero attached hydrogens (tertiary/aromatic N) is 4. The third-order valence-corrected chi connectivity index (χ3v) is 1.83. The Morgan fingerprint density at radius 1 is 1.36 bits per heavy atom. The first-order chi connectivity index (χ1) is 6.90. The maximum absolute atomic E-state index is 5.43. The lowest BCUT2D eigenvalue weighted by Gasteiger charge is -2.02. The molecule has 0 amide bonds. The molecular formula is C9H11N5. The summed E-state index contributed by atoms with van der Waals surface area (Å²) in [6.07, 6.45) is 7.68. The summed E-state index contributed by atoms with van der Waals surface area (Å²) in [6.45, 7) is 0.563. The number of hydrogen-bond donors (Lipinski definition) is 1. The highest BCUT2D eigenvalue weighted by Crippen LogP contribution is 2.02. The van der Waals surface area contributed by atoms with E-state index in [-0.39, 0.29) is 0 Å². The van der Waals surface area contributed by atoms with Crippen LogP contribution in [0.3, 0.4) is 0 Å². The summed E-state index contributed by atoms with van der Waals surface area (Å²) in [5, 5.41) is 0. The van der Waals surface area contributed by atoms with Crippen LogP contribution in [0.25, 0.3) is 5.82 Å². The second-order valence-electron chi connectivity index (χ2n) is 2.84. The molecule has 0 spiro atoms. The van der Waals surface area contributed by atoms with Crippen molar-refractivity contribution >= 4 is 0 Å². The predicted molar refractivity (Wildman–Crippen MR) is 51.9 cm³/mol. The summed E-state index contributed by atoms with van der Waals surface area (Å²) in [6, 6.07) is 1.84. The summed E-state index contributed by atoms with van der Waals surface area (Å²) in [5.41, 5.74) is 5.43. The van der Waals surface area contributed by atoms with Crippen LogP contribution < -0.4 is 5.73 Å². The molecule has 0 radical (unpaired) electrons. The molecule has 0 aromatic carbocycles. The first kappa shape index (κ1) is 8.83. The van der Waals surface area contributed by atoms with Crippen molar-refractivity contribution in [1.29, 1.82) is 0 Å². The van der Waals surface area contributed by atoms with Gasteiger partial charge in [0.2, 0.25) is 0 Å². The van der Waals surface area contributed by atoms with Crippen molar-refractivity contribution in [2.45, 2.75) is 6.42 Å². The van der Waals surface area contributed by atoms with Gasteiger partial charge in [-0.05, 0) is 12.6 Å². The molecule has 0 aliphatic rings. The minimum Gasteiger partial charge on any atom is -0.330 e. The zero-order valence-corrected chi connectivity index (χ0v) is 7.67. The third kappa shape index (κ3) is 1.77. The molecule has 2 heterocycles. The van der Waals surface area contributed by atoms with Gasteiger partial charge in [-0.1, -0.05) is 0 Å². The molecule has 72 valence electrons. The Hall–Kier alpha value is -1.75. The maximum Gasteiger partial charge on any atom is 0.141 e. The summed E-state index contributed by atoms with van der Waals surface area (Å²) >= 11 is 0. The Morgan fingerprint density at radius 2 is 2.29 bits per heavy atom. The van der Waals surface area contributed by atoms with E-state index >= 15 is 0 Å². The van der Waals surface area contributed by atoms with Gasteiger partial charge >= 0.3 is 0 Å². The lowest BCUT2D eigenvalue weighted by molar-refractivity contribution is 0.842. The van der Waals surface area contributed by atoms with Gasteiger partial charge < -0.3 is 5.73 Å². The van der Waals surface area contributed by atoms with Crippen molar-refractivity contribution < 1.29 is 0 Å². The van der Waals surface area contributed by atoms with Crippen LogP contribution in [0.2, 0.25) is 0 Å². The van der Waals surface area contributed by atoms with Crippen molar-refractivity contribution in [1.82, 2.24) is 19.5 Å². The Bertz CT molecular complexity index is 395. The highest BCUT2D eigenvalue weighted by molar-refractivity contribution is 5.20. The SMILES string of the molecule is NCCc1nccc(-n2ccnc2)n1. The third-order valence-electron chi connectivity index (χ3n) is 1.83. The average molecular weight is 189 g/mol. The van der Waals surface area contributed by atoms with Crippen LogP contribution >= 0.6 is 0 Å². The smallest absolute Gasteiger partial charge is 0.141 e. The van der Waals surface area contributed by atoms with E-state index < -0.39 is 0 Å². The van der Waals surface area contributed by atoms with Crippen molar-refractivity contribution in [3.8, 4) is 5.82 Å². The zero-order valence-electron chi connectivity index (χ0n) is 7.67. The van der Waals surface area contributed by atoms with Gasteiger partial charge in [0.25, 0.3) is 0 Å². The van der Waals surface area contributed by atoms with Crippen LogP contribution in [0.5, 0.6) is 0 Å². The maximum atomic E-state index is 5.43. The second-order valence-corrected chi connectivity index (χ2v) is 2.84. The van der Waals surface area contributed by atoms with Gasteiger partial charge in [0.15, 0.2) is 0 Å². The van der Waals surface area contributed by atoms with E-state index in [1.54, 1.807) is 18.7 Å². The summed E-state index contributed by atoms with van der Waals surface area (Å²) in [4.78, 5) is 12.4. The fourth-order valence-electron chi connectivity index (χ4n) is 1.18. The molecule has 2 aromatic rings. The average Bonchev–Trinajstić information content (AvgIpc) is 2.71. The molecule has 2 aromatic heterocycles. The van der Waals surface area contributed by atoms with Crippen molar-refractivity contribution in [2.75, 3.05) is 6.54 Å². The van der Waals surface area contributed by atoms with E-state index in [0.29, 0.717) is 13.0 Å². The molecule has 0 saturated heterocycles.